The summed E-state index contributed by atoms with van der Waals surface area (Å²) in [6.07, 6.45) is -0.558. The lowest BCUT2D eigenvalue weighted by Gasteiger charge is -2.30. The smallest absolute Gasteiger partial charge is 0.397 e. The zero-order valence-electron chi connectivity index (χ0n) is 23.3. The van der Waals surface area contributed by atoms with Crippen LogP contribution < -0.4 is 27.2 Å². The van der Waals surface area contributed by atoms with Crippen LogP contribution in [0.3, 0.4) is 0 Å². The quantitative estimate of drug-likeness (QED) is 0.185. The minimum atomic E-state index is -4.95. The molecule has 3 aromatic rings. The molecule has 1 aliphatic rings. The third kappa shape index (κ3) is 6.80. The number of hydrogen-bond donors (Lipinski definition) is 4. The summed E-state index contributed by atoms with van der Waals surface area (Å²) in [5.41, 5.74) is 7.43. The van der Waals surface area contributed by atoms with Crippen LogP contribution in [0.1, 0.15) is 45.6 Å². The maximum absolute atomic E-state index is 14.9. The monoisotopic (exact) mass is 574 g/mol. The highest BCUT2D eigenvalue weighted by Gasteiger charge is 2.36. The van der Waals surface area contributed by atoms with Gasteiger partial charge in [-0.3, -0.25) is 14.5 Å². The standard InChI is InChI=1S/C28H34F4N8O/c1-16-5-6-18(11-25(16)40(34)15-23(33)21-14-35-39(4)17(21)2)27(41)37-20-12-22(28(30,31)32)26(29)24(13-20)36-19-7-9-38(3)10-8-19/h5-6,11-15,19,36H,7-10,33-34H2,1-4H3,(H,37,41)/b23-15-. The van der Waals surface area contributed by atoms with Crippen LogP contribution in [-0.2, 0) is 13.2 Å². The van der Waals surface area contributed by atoms with E-state index >= 15 is 0 Å². The number of aromatic nitrogens is 2. The first-order valence-corrected chi connectivity index (χ1v) is 13.0. The first-order valence-electron chi connectivity index (χ1n) is 13.0. The highest BCUT2D eigenvalue weighted by atomic mass is 19.4. The molecule has 1 aliphatic heterocycles. The highest BCUT2D eigenvalue weighted by molar-refractivity contribution is 6.05. The second-order valence-electron chi connectivity index (χ2n) is 10.3. The summed E-state index contributed by atoms with van der Waals surface area (Å²) in [6.45, 7) is 5.11. The van der Waals surface area contributed by atoms with E-state index < -0.39 is 23.5 Å². The number of likely N-dealkylation sites (tertiary alicyclic amines) is 1. The molecule has 13 heteroatoms. The molecule has 2 aromatic carbocycles. The van der Waals surface area contributed by atoms with Crippen LogP contribution in [-0.4, -0.2) is 46.8 Å². The molecule has 1 saturated heterocycles. The fourth-order valence-electron chi connectivity index (χ4n) is 4.68. The van der Waals surface area contributed by atoms with Crippen molar-refractivity contribution in [3.63, 3.8) is 0 Å². The normalized spacial score (nSPS) is 15.2. The van der Waals surface area contributed by atoms with Crippen molar-refractivity contribution in [2.24, 2.45) is 18.6 Å². The fraction of sp³-hybridized carbons (Fsp3) is 0.357. The third-order valence-electron chi connectivity index (χ3n) is 7.29. The van der Waals surface area contributed by atoms with Crippen molar-refractivity contribution in [2.75, 3.05) is 35.8 Å². The Morgan fingerprint density at radius 1 is 1.15 bits per heavy atom. The summed E-state index contributed by atoms with van der Waals surface area (Å²) >= 11 is 0. The van der Waals surface area contributed by atoms with Gasteiger partial charge in [0.05, 0.1) is 28.8 Å². The molecule has 1 aromatic heterocycles. The van der Waals surface area contributed by atoms with Crippen molar-refractivity contribution >= 4 is 28.7 Å². The summed E-state index contributed by atoms with van der Waals surface area (Å²) in [5, 5.41) is 10.8. The lowest BCUT2D eigenvalue weighted by atomic mass is 10.0. The van der Waals surface area contributed by atoms with Gasteiger partial charge in [0.1, 0.15) is 0 Å². The van der Waals surface area contributed by atoms with E-state index in [4.69, 9.17) is 11.6 Å². The van der Waals surface area contributed by atoms with Crippen molar-refractivity contribution in [1.82, 2.24) is 14.7 Å². The molecule has 0 bridgehead atoms. The number of benzene rings is 2. The molecule has 1 amide bonds. The molecule has 1 fully saturated rings. The van der Waals surface area contributed by atoms with Crippen LogP contribution in [0.15, 0.2) is 42.7 Å². The summed E-state index contributed by atoms with van der Waals surface area (Å²) in [6, 6.07) is 6.26. The molecule has 0 unspecified atom stereocenters. The molecule has 41 heavy (non-hydrogen) atoms. The van der Waals surface area contributed by atoms with Gasteiger partial charge >= 0.3 is 6.18 Å². The van der Waals surface area contributed by atoms with Gasteiger partial charge in [-0.2, -0.15) is 18.3 Å². The number of halogens is 4. The van der Waals surface area contributed by atoms with Gasteiger partial charge in [0.2, 0.25) is 0 Å². The van der Waals surface area contributed by atoms with Crippen molar-refractivity contribution < 1.29 is 22.4 Å². The number of nitrogens with one attached hydrogen (secondary N) is 2. The van der Waals surface area contributed by atoms with E-state index in [-0.39, 0.29) is 23.0 Å². The summed E-state index contributed by atoms with van der Waals surface area (Å²) in [7, 11) is 3.73. The Kier molecular flexibility index (Phi) is 8.59. The molecule has 4 rings (SSSR count). The van der Waals surface area contributed by atoms with Gasteiger partial charge in [-0.1, -0.05) is 6.07 Å². The number of amides is 1. The molecule has 6 N–H and O–H groups in total. The third-order valence-corrected chi connectivity index (χ3v) is 7.29. The van der Waals surface area contributed by atoms with E-state index in [9.17, 15) is 22.4 Å². The number of nitrogens with zero attached hydrogens (tertiary/aromatic N) is 4. The number of hydrazine groups is 1. The number of carbonyl (C=O) groups is 1. The van der Waals surface area contributed by atoms with Crippen LogP contribution >= 0.6 is 0 Å². The maximum Gasteiger partial charge on any atom is 0.419 e. The zero-order chi connectivity index (χ0) is 30.1. The number of rotatable bonds is 7. The number of nitrogens with two attached hydrogens (primary N) is 2. The Labute approximate surface area is 235 Å². The summed E-state index contributed by atoms with van der Waals surface area (Å²) in [5.74, 6) is 4.16. The molecular formula is C28H34F4N8O. The van der Waals surface area contributed by atoms with Crippen molar-refractivity contribution in [1.29, 1.82) is 0 Å². The average molecular weight is 575 g/mol. The Morgan fingerprint density at radius 2 is 1.83 bits per heavy atom. The van der Waals surface area contributed by atoms with Gasteiger partial charge in [-0.15, -0.1) is 0 Å². The molecular weight excluding hydrogens is 540 g/mol. The zero-order valence-corrected chi connectivity index (χ0v) is 23.3. The lowest BCUT2D eigenvalue weighted by molar-refractivity contribution is -0.139. The molecule has 2 heterocycles. The molecule has 9 nitrogen and oxygen atoms in total. The Morgan fingerprint density at radius 3 is 2.44 bits per heavy atom. The molecule has 0 saturated carbocycles. The SMILES string of the molecule is Cc1ccc(C(=O)Nc2cc(NC3CCN(C)CC3)c(F)c(C(F)(F)F)c2)cc1N(N)/C=C(\N)c1cnn(C)c1C. The molecule has 0 radical (unpaired) electrons. The Bertz CT molecular complexity index is 1460. The van der Waals surface area contributed by atoms with E-state index in [1.165, 1.54) is 29.4 Å². The number of piperidine rings is 1. The summed E-state index contributed by atoms with van der Waals surface area (Å²) < 4.78 is 57.7. The van der Waals surface area contributed by atoms with Gasteiger partial charge in [0, 0.05) is 41.8 Å². The van der Waals surface area contributed by atoms with Crippen molar-refractivity contribution in [2.45, 2.75) is 38.9 Å². The molecule has 0 spiro atoms. The van der Waals surface area contributed by atoms with Crippen molar-refractivity contribution in [3.8, 4) is 0 Å². The number of anilines is 3. The van der Waals surface area contributed by atoms with E-state index in [1.54, 1.807) is 30.9 Å². The van der Waals surface area contributed by atoms with Crippen LogP contribution in [0.4, 0.5) is 34.6 Å². The second-order valence-corrected chi connectivity index (χ2v) is 10.3. The number of hydrogen-bond acceptors (Lipinski definition) is 7. The minimum Gasteiger partial charge on any atom is -0.397 e. The average Bonchev–Trinajstić information content (AvgIpc) is 3.24. The van der Waals surface area contributed by atoms with Gasteiger partial charge < -0.3 is 21.3 Å². The number of aryl methyl sites for hydroxylation is 2. The molecule has 220 valence electrons. The van der Waals surface area contributed by atoms with E-state index in [2.05, 4.69) is 20.6 Å². The van der Waals surface area contributed by atoms with Gasteiger partial charge in [0.25, 0.3) is 5.91 Å². The highest BCUT2D eigenvalue weighted by Crippen LogP contribution is 2.37. The number of alkyl halides is 3. The van der Waals surface area contributed by atoms with Gasteiger partial charge in [-0.05, 0) is 76.7 Å². The fourth-order valence-corrected chi connectivity index (χ4v) is 4.68. The second kappa shape index (κ2) is 11.8. The predicted octanol–water partition coefficient (Wildman–Crippen LogP) is 4.59. The largest absolute Gasteiger partial charge is 0.419 e. The number of carbonyl (C=O) groups excluding carboxylic acids is 1. The first-order chi connectivity index (χ1) is 19.2. The molecule has 0 aliphatic carbocycles. The van der Waals surface area contributed by atoms with Gasteiger partial charge in [0.15, 0.2) is 5.82 Å². The minimum absolute atomic E-state index is 0.133. The van der Waals surface area contributed by atoms with Crippen molar-refractivity contribution in [3.05, 3.63) is 76.5 Å². The first kappa shape index (κ1) is 29.9. The van der Waals surface area contributed by atoms with E-state index in [1.807, 2.05) is 14.0 Å². The van der Waals surface area contributed by atoms with Crippen LogP contribution in [0, 0.1) is 19.7 Å². The predicted molar refractivity (Wildman–Crippen MR) is 151 cm³/mol. The van der Waals surface area contributed by atoms with E-state index in [0.717, 1.165) is 24.3 Å². The molecule has 0 atom stereocenters. The van der Waals surface area contributed by atoms with Crippen LogP contribution in [0.2, 0.25) is 0 Å². The van der Waals surface area contributed by atoms with E-state index in [0.29, 0.717) is 35.9 Å². The van der Waals surface area contributed by atoms with Crippen LogP contribution in [0.5, 0.6) is 0 Å². The lowest BCUT2D eigenvalue weighted by Crippen LogP contribution is -2.37. The van der Waals surface area contributed by atoms with Crippen LogP contribution in [0.25, 0.3) is 5.70 Å². The Hall–Kier alpha value is -4.10. The summed E-state index contributed by atoms with van der Waals surface area (Å²) in [4.78, 5) is 15.2. The topological polar surface area (TPSA) is 117 Å². The maximum atomic E-state index is 14.9. The Balaban J connectivity index is 1.59. The van der Waals surface area contributed by atoms with Gasteiger partial charge in [-0.25, -0.2) is 10.2 Å².